The summed E-state index contributed by atoms with van der Waals surface area (Å²) in [5, 5.41) is 5.72. The van der Waals surface area contributed by atoms with Crippen LogP contribution in [0.2, 0.25) is 0 Å². The molecule has 39 heavy (non-hydrogen) atoms. The molecular weight excluding hydrogens is 502 g/mol. The van der Waals surface area contributed by atoms with Crippen molar-refractivity contribution in [3.63, 3.8) is 0 Å². The molecule has 1 aromatic heterocycles. The molecule has 0 saturated carbocycles. The van der Waals surface area contributed by atoms with Crippen LogP contribution >= 0.6 is 0 Å². The number of ether oxygens (including phenoxy) is 3. The Kier molecular flexibility index (Phi) is 7.86. The van der Waals surface area contributed by atoms with Crippen molar-refractivity contribution in [2.24, 2.45) is 0 Å². The molecule has 11 nitrogen and oxygen atoms in total. The second kappa shape index (κ2) is 11.8. The van der Waals surface area contributed by atoms with Crippen LogP contribution in [0.25, 0.3) is 0 Å². The van der Waals surface area contributed by atoms with Crippen molar-refractivity contribution in [2.75, 3.05) is 45.3 Å². The second-order valence-corrected chi connectivity index (χ2v) is 9.18. The fraction of sp³-hybridized carbons (Fsp3) is 0.321. The molecule has 0 radical (unpaired) electrons. The third-order valence-corrected chi connectivity index (χ3v) is 6.58. The van der Waals surface area contributed by atoms with Gasteiger partial charge in [-0.3, -0.25) is 19.4 Å². The summed E-state index contributed by atoms with van der Waals surface area (Å²) in [5.41, 5.74) is 2.73. The molecule has 4 heterocycles. The van der Waals surface area contributed by atoms with E-state index >= 15 is 0 Å². The molecule has 6 bridgehead atoms. The topological polar surface area (TPSA) is 132 Å². The third kappa shape index (κ3) is 6.08. The molecule has 3 amide bonds. The first-order valence-corrected chi connectivity index (χ1v) is 12.7. The zero-order chi connectivity index (χ0) is 27.2. The van der Waals surface area contributed by atoms with Gasteiger partial charge in [0.1, 0.15) is 18.1 Å². The summed E-state index contributed by atoms with van der Waals surface area (Å²) in [4.78, 5) is 47.8. The van der Waals surface area contributed by atoms with Crippen LogP contribution in [-0.4, -0.2) is 72.5 Å². The predicted octanol–water partition coefficient (Wildman–Crippen LogP) is 2.38. The number of amides is 3. The van der Waals surface area contributed by atoms with Crippen LogP contribution in [0.5, 0.6) is 17.2 Å². The summed E-state index contributed by atoms with van der Waals surface area (Å²) < 4.78 is 17.4. The number of nitrogens with one attached hydrogen (secondary N) is 2. The molecule has 0 saturated heterocycles. The average molecular weight is 532 g/mol. The first-order valence-electron chi connectivity index (χ1n) is 12.7. The summed E-state index contributed by atoms with van der Waals surface area (Å²) in [6, 6.07) is 11.2. The fourth-order valence-corrected chi connectivity index (χ4v) is 4.70. The van der Waals surface area contributed by atoms with E-state index in [-0.39, 0.29) is 56.3 Å². The maximum absolute atomic E-state index is 13.1. The molecule has 0 spiro atoms. The largest absolute Gasteiger partial charge is 0.493 e. The molecule has 3 aliphatic heterocycles. The van der Waals surface area contributed by atoms with Gasteiger partial charge in [0.15, 0.2) is 11.5 Å². The van der Waals surface area contributed by atoms with Gasteiger partial charge in [-0.1, -0.05) is 12.1 Å². The van der Waals surface area contributed by atoms with Gasteiger partial charge in [0.25, 0.3) is 5.91 Å². The van der Waals surface area contributed by atoms with Gasteiger partial charge >= 0.3 is 0 Å². The minimum Gasteiger partial charge on any atom is -0.493 e. The molecule has 3 aromatic rings. The normalized spacial score (nSPS) is 17.9. The van der Waals surface area contributed by atoms with Crippen LogP contribution in [0.3, 0.4) is 0 Å². The standard InChI is InChI=1S/C28H29N5O6/c1-37-24-6-3-18-13-25(24)39-11-2-10-33(28(36)23-16-29-7-8-30-23)17-27(35)31-9-12-38-19-4-5-20-21(18)15-26(34)32-22(20)14-19/h3-8,13-14,16,21H,2,9-12,15,17H2,1H3,(H,31,35)(H,32,34). The third-order valence-electron chi connectivity index (χ3n) is 6.58. The van der Waals surface area contributed by atoms with E-state index in [4.69, 9.17) is 14.2 Å². The Bertz CT molecular complexity index is 1370. The number of hydrogen-bond donors (Lipinski definition) is 2. The van der Waals surface area contributed by atoms with E-state index in [2.05, 4.69) is 20.6 Å². The summed E-state index contributed by atoms with van der Waals surface area (Å²) in [7, 11) is 1.56. The monoisotopic (exact) mass is 531 g/mol. The van der Waals surface area contributed by atoms with E-state index in [9.17, 15) is 14.4 Å². The van der Waals surface area contributed by atoms with E-state index in [0.717, 1.165) is 11.1 Å². The van der Waals surface area contributed by atoms with Crippen LogP contribution in [0.1, 0.15) is 40.4 Å². The number of rotatable bonds is 2. The Labute approximate surface area is 225 Å². The minimum absolute atomic E-state index is 0.0889. The average Bonchev–Trinajstić information content (AvgIpc) is 2.96. The lowest BCUT2D eigenvalue weighted by Crippen LogP contribution is -2.42. The van der Waals surface area contributed by atoms with Gasteiger partial charge in [-0.05, 0) is 35.7 Å². The van der Waals surface area contributed by atoms with Crippen molar-refractivity contribution in [3.05, 3.63) is 71.8 Å². The summed E-state index contributed by atoms with van der Waals surface area (Å²) in [5.74, 6) is 0.674. The van der Waals surface area contributed by atoms with E-state index in [1.807, 2.05) is 30.3 Å². The number of anilines is 1. The maximum Gasteiger partial charge on any atom is 0.274 e. The van der Waals surface area contributed by atoms with Crippen molar-refractivity contribution in [3.8, 4) is 17.2 Å². The Morgan fingerprint density at radius 3 is 2.79 bits per heavy atom. The molecule has 2 N–H and O–H groups in total. The van der Waals surface area contributed by atoms with Crippen molar-refractivity contribution >= 4 is 23.4 Å². The molecule has 0 aliphatic carbocycles. The smallest absolute Gasteiger partial charge is 0.274 e. The van der Waals surface area contributed by atoms with Crippen molar-refractivity contribution in [2.45, 2.75) is 18.8 Å². The SMILES string of the molecule is COc1ccc2cc1OCCCN(C(=O)c1cnccn1)CC(=O)NCCOc1ccc3c(c1)NC(=O)CC23. The number of carbonyl (C=O) groups excluding carboxylic acids is 3. The highest BCUT2D eigenvalue weighted by atomic mass is 16.5. The molecule has 1 unspecified atom stereocenters. The van der Waals surface area contributed by atoms with Gasteiger partial charge in [-0.2, -0.15) is 0 Å². The van der Waals surface area contributed by atoms with Crippen molar-refractivity contribution < 1.29 is 28.6 Å². The molecule has 11 heteroatoms. The molecule has 3 aliphatic rings. The van der Waals surface area contributed by atoms with E-state index in [1.54, 1.807) is 13.2 Å². The number of methoxy groups -OCH3 is 1. The van der Waals surface area contributed by atoms with Crippen molar-refractivity contribution in [1.29, 1.82) is 0 Å². The fourth-order valence-electron chi connectivity index (χ4n) is 4.70. The predicted molar refractivity (Wildman–Crippen MR) is 141 cm³/mol. The Morgan fingerprint density at radius 2 is 1.97 bits per heavy atom. The van der Waals surface area contributed by atoms with E-state index < -0.39 is 5.91 Å². The van der Waals surface area contributed by atoms with Crippen LogP contribution < -0.4 is 24.8 Å². The van der Waals surface area contributed by atoms with Gasteiger partial charge in [0.2, 0.25) is 11.8 Å². The number of benzene rings is 2. The highest BCUT2D eigenvalue weighted by molar-refractivity contribution is 5.96. The Hall–Kier alpha value is -4.67. The van der Waals surface area contributed by atoms with Gasteiger partial charge in [-0.25, -0.2) is 4.98 Å². The first-order chi connectivity index (χ1) is 19.0. The molecule has 202 valence electrons. The first kappa shape index (κ1) is 26.0. The van der Waals surface area contributed by atoms with Crippen LogP contribution in [-0.2, 0) is 9.59 Å². The number of aromatic nitrogens is 2. The van der Waals surface area contributed by atoms with Gasteiger partial charge in [-0.15, -0.1) is 0 Å². The van der Waals surface area contributed by atoms with E-state index in [1.165, 1.54) is 23.5 Å². The number of carbonyl (C=O) groups is 3. The molecule has 0 fully saturated rings. The lowest BCUT2D eigenvalue weighted by Gasteiger charge is -2.27. The van der Waals surface area contributed by atoms with Crippen molar-refractivity contribution in [1.82, 2.24) is 20.2 Å². The number of fused-ring (bicyclic) bond motifs is 11. The lowest BCUT2D eigenvalue weighted by molar-refractivity contribution is -0.122. The highest BCUT2D eigenvalue weighted by Crippen LogP contribution is 2.41. The summed E-state index contributed by atoms with van der Waals surface area (Å²) in [6.45, 7) is 0.838. The Morgan fingerprint density at radius 1 is 1.08 bits per heavy atom. The van der Waals surface area contributed by atoms with Crippen LogP contribution in [0.15, 0.2) is 55.0 Å². The molecular formula is C28H29N5O6. The minimum atomic E-state index is -0.397. The summed E-state index contributed by atoms with van der Waals surface area (Å²) in [6.07, 6.45) is 5.03. The molecule has 2 aromatic carbocycles. The highest BCUT2D eigenvalue weighted by Gasteiger charge is 2.28. The van der Waals surface area contributed by atoms with Crippen LogP contribution in [0.4, 0.5) is 5.69 Å². The quantitative estimate of drug-likeness (QED) is 0.482. The molecule has 6 rings (SSSR count). The zero-order valence-electron chi connectivity index (χ0n) is 21.5. The van der Waals surface area contributed by atoms with Gasteiger partial charge in [0.05, 0.1) is 33.0 Å². The maximum atomic E-state index is 13.1. The summed E-state index contributed by atoms with van der Waals surface area (Å²) >= 11 is 0. The lowest BCUT2D eigenvalue weighted by atomic mass is 9.84. The number of nitrogens with zero attached hydrogens (tertiary/aromatic N) is 3. The zero-order valence-corrected chi connectivity index (χ0v) is 21.5. The second-order valence-electron chi connectivity index (χ2n) is 9.18. The van der Waals surface area contributed by atoms with Gasteiger partial charge < -0.3 is 29.7 Å². The van der Waals surface area contributed by atoms with Gasteiger partial charge in [0, 0.05) is 43.0 Å². The molecule has 1 atom stereocenters. The van der Waals surface area contributed by atoms with E-state index in [0.29, 0.717) is 35.8 Å². The van der Waals surface area contributed by atoms with Crippen LogP contribution in [0, 0.1) is 0 Å². The number of hydrogen-bond acceptors (Lipinski definition) is 8. The Balaban J connectivity index is 1.43.